The number of aliphatic hydroxyl groups is 1. The number of nitrogens with two attached hydrogens (primary N) is 6. The minimum absolute atomic E-state index is 0.0308. The zero-order valence-corrected chi connectivity index (χ0v) is 44.0. The van der Waals surface area contributed by atoms with Crippen molar-refractivity contribution in [2.45, 2.75) is 159 Å². The summed E-state index contributed by atoms with van der Waals surface area (Å²) in [7, 11) is 0. The molecule has 0 aliphatic carbocycles. The second-order valence-electron chi connectivity index (χ2n) is 19.1. The number of hydrogen-bond acceptors (Lipinski definition) is 16. The van der Waals surface area contributed by atoms with Gasteiger partial charge >= 0.3 is 11.9 Å². The Morgan fingerprint density at radius 1 is 0.597 bits per heavy atom. The van der Waals surface area contributed by atoms with E-state index >= 15 is 0 Å². The van der Waals surface area contributed by atoms with E-state index in [0.717, 1.165) is 0 Å². The number of rotatable bonds is 34. The van der Waals surface area contributed by atoms with Gasteiger partial charge in [0.25, 0.3) is 0 Å². The first kappa shape index (κ1) is 65.7. The smallest absolute Gasteiger partial charge is 0.326 e. The Hall–Kier alpha value is -7.41. The molecule has 2 fully saturated rings. The van der Waals surface area contributed by atoms with Crippen molar-refractivity contribution in [3.05, 3.63) is 0 Å². The molecule has 2 rings (SSSR count). The number of hydrogen-bond donors (Lipinski definition) is 16. The zero-order chi connectivity index (χ0) is 57.9. The highest BCUT2D eigenvalue weighted by atomic mass is 16.4. The third-order valence-corrected chi connectivity index (χ3v) is 12.6. The molecule has 31 heteroatoms. The molecule has 2 heterocycles. The Bertz CT molecular complexity index is 2120. The zero-order valence-electron chi connectivity index (χ0n) is 44.0. The van der Waals surface area contributed by atoms with E-state index in [1.165, 1.54) is 16.7 Å². The van der Waals surface area contributed by atoms with Crippen molar-refractivity contribution in [3.8, 4) is 0 Å². The number of nitrogens with zero attached hydrogens (tertiary/aromatic N) is 4. The molecular formula is C46H81N17O14. The van der Waals surface area contributed by atoms with Gasteiger partial charge < -0.3 is 96.7 Å². The van der Waals surface area contributed by atoms with Crippen LogP contribution >= 0.6 is 0 Å². The van der Waals surface area contributed by atoms with E-state index in [4.69, 9.17) is 39.5 Å². The van der Waals surface area contributed by atoms with E-state index in [1.807, 2.05) is 0 Å². The van der Waals surface area contributed by atoms with Crippen LogP contribution in [0.4, 0.5) is 0 Å². The number of carbonyl (C=O) groups excluding carboxylic acids is 9. The van der Waals surface area contributed by atoms with Crippen LogP contribution in [-0.2, 0) is 52.7 Å². The second kappa shape index (κ2) is 33.6. The number of carboxylic acids is 2. The highest BCUT2D eigenvalue weighted by molar-refractivity contribution is 5.98. The number of unbranched alkanes of at least 4 members (excludes halogenated alkanes) is 1. The molecule has 2 aliphatic heterocycles. The molecule has 0 radical (unpaired) electrons. The van der Waals surface area contributed by atoms with Crippen molar-refractivity contribution in [3.63, 3.8) is 0 Å². The second-order valence-corrected chi connectivity index (χ2v) is 19.1. The molecule has 0 aromatic rings. The Balaban J connectivity index is 2.09. The lowest BCUT2D eigenvalue weighted by atomic mass is 10.0. The number of aliphatic imine (C=N–C) groups is 2. The third kappa shape index (κ3) is 22.8. The van der Waals surface area contributed by atoms with Crippen LogP contribution in [0.1, 0.15) is 104 Å². The molecule has 434 valence electrons. The fraction of sp³-hybridized carbons (Fsp3) is 0.717. The molecule has 22 N–H and O–H groups in total. The van der Waals surface area contributed by atoms with Gasteiger partial charge in [0, 0.05) is 32.6 Å². The van der Waals surface area contributed by atoms with Crippen LogP contribution in [-0.4, -0.2) is 202 Å². The van der Waals surface area contributed by atoms with E-state index in [0.29, 0.717) is 32.1 Å². The summed E-state index contributed by atoms with van der Waals surface area (Å²) in [6, 6.07) is -11.3. The predicted molar refractivity (Wildman–Crippen MR) is 277 cm³/mol. The monoisotopic (exact) mass is 1100 g/mol. The maximum Gasteiger partial charge on any atom is 0.326 e. The Morgan fingerprint density at radius 3 is 1.69 bits per heavy atom. The van der Waals surface area contributed by atoms with Gasteiger partial charge in [0.2, 0.25) is 53.2 Å². The van der Waals surface area contributed by atoms with E-state index in [9.17, 15) is 63.0 Å². The van der Waals surface area contributed by atoms with Gasteiger partial charge in [0.15, 0.2) is 11.9 Å². The van der Waals surface area contributed by atoms with Crippen LogP contribution in [0.25, 0.3) is 0 Å². The largest absolute Gasteiger partial charge is 0.481 e. The Labute approximate surface area is 446 Å². The maximum absolute atomic E-state index is 14.0. The lowest BCUT2D eigenvalue weighted by molar-refractivity contribution is -0.147. The van der Waals surface area contributed by atoms with Gasteiger partial charge in [-0.15, -0.1) is 0 Å². The molecular weight excluding hydrogens is 1010 g/mol. The molecule has 0 saturated carbocycles. The Morgan fingerprint density at radius 2 is 1.13 bits per heavy atom. The molecule has 0 spiro atoms. The maximum atomic E-state index is 14.0. The van der Waals surface area contributed by atoms with Crippen molar-refractivity contribution in [2.75, 3.05) is 45.9 Å². The van der Waals surface area contributed by atoms with Gasteiger partial charge in [0.1, 0.15) is 48.3 Å². The number of carboxylic acid groups (broad SMARTS) is 2. The number of guanidine groups is 2. The molecule has 9 atom stereocenters. The van der Waals surface area contributed by atoms with E-state index in [1.54, 1.807) is 13.8 Å². The molecule has 2 aliphatic rings. The summed E-state index contributed by atoms with van der Waals surface area (Å²) in [5.74, 6) is -10.5. The summed E-state index contributed by atoms with van der Waals surface area (Å²) in [5, 5.41) is 45.9. The first-order valence-corrected chi connectivity index (χ1v) is 25.6. The average Bonchev–Trinajstić information content (AvgIpc) is 4.08. The first-order valence-electron chi connectivity index (χ1n) is 25.6. The topological polar surface area (TPSA) is 520 Å². The summed E-state index contributed by atoms with van der Waals surface area (Å²) in [6.45, 7) is 3.75. The van der Waals surface area contributed by atoms with Crippen molar-refractivity contribution >= 4 is 77.0 Å². The summed E-state index contributed by atoms with van der Waals surface area (Å²) < 4.78 is 0. The van der Waals surface area contributed by atoms with Crippen LogP contribution < -0.4 is 71.6 Å². The molecule has 0 aromatic carbocycles. The molecule has 0 unspecified atom stereocenters. The molecule has 0 bridgehead atoms. The van der Waals surface area contributed by atoms with Gasteiger partial charge in [-0.25, -0.2) is 4.79 Å². The van der Waals surface area contributed by atoms with Gasteiger partial charge in [-0.3, -0.25) is 57.9 Å². The number of aliphatic hydroxyl groups excluding tert-OH is 1. The number of amides is 9. The molecule has 9 amide bonds. The lowest BCUT2D eigenvalue weighted by Gasteiger charge is -2.32. The summed E-state index contributed by atoms with van der Waals surface area (Å²) in [4.78, 5) is 154. The normalized spacial score (nSPS) is 17.7. The molecule has 31 nitrogen and oxygen atoms in total. The fourth-order valence-electron chi connectivity index (χ4n) is 8.38. The quantitative estimate of drug-likeness (QED) is 0.0162. The van der Waals surface area contributed by atoms with Gasteiger partial charge in [-0.1, -0.05) is 13.8 Å². The van der Waals surface area contributed by atoms with Crippen LogP contribution in [0.3, 0.4) is 0 Å². The van der Waals surface area contributed by atoms with Crippen LogP contribution in [0.15, 0.2) is 9.98 Å². The van der Waals surface area contributed by atoms with E-state index in [2.05, 4.69) is 47.2 Å². The van der Waals surface area contributed by atoms with Crippen molar-refractivity contribution in [1.29, 1.82) is 0 Å². The van der Waals surface area contributed by atoms with Crippen molar-refractivity contribution in [2.24, 2.45) is 50.3 Å². The van der Waals surface area contributed by atoms with Crippen LogP contribution in [0.5, 0.6) is 0 Å². The van der Waals surface area contributed by atoms with Crippen molar-refractivity contribution < 1.29 is 68.1 Å². The fourth-order valence-corrected chi connectivity index (χ4v) is 8.38. The van der Waals surface area contributed by atoms with E-state index in [-0.39, 0.29) is 83.2 Å². The minimum Gasteiger partial charge on any atom is -0.481 e. The highest BCUT2D eigenvalue weighted by Gasteiger charge is 2.43. The highest BCUT2D eigenvalue weighted by Crippen LogP contribution is 2.25. The Kier molecular flexibility index (Phi) is 28.7. The lowest BCUT2D eigenvalue weighted by Crippen LogP contribution is -2.59. The minimum atomic E-state index is -1.62. The number of carbonyl (C=O) groups is 11. The molecule has 0 aromatic heterocycles. The summed E-state index contributed by atoms with van der Waals surface area (Å²) in [5.41, 5.74) is 33.3. The number of aliphatic carboxylic acids is 2. The SMILES string of the molecule is CC(C)[C@H](NC(=O)[C@@H]1CCCN1C(=O)[C@@H]1CCCN1C(=O)CNC(=O)[C@H](CO)NC(=O)[C@H](C)NC(=O)[C@H](CCCCN)NC(=O)[C@H](CCCN=C(N)N)NC(=O)[C@@H](N)CCCN=C(N)N)C(=O)N[C@@H](CCC(=O)O)C(=O)O. The van der Waals surface area contributed by atoms with Gasteiger partial charge in [-0.2, -0.15) is 0 Å². The van der Waals surface area contributed by atoms with Gasteiger partial charge in [0.05, 0.1) is 19.2 Å². The van der Waals surface area contributed by atoms with E-state index < -0.39 is 151 Å². The average molecular weight is 1100 g/mol. The standard InChI is InChI=1S/C46H81N17O14/c1-24(2)35(42(74)59-29(44(76)77)15-16-34(66)67)61-41(73)31-13-8-21-63(31)43(75)32-14-9-20-62(32)33(65)22-55-38(70)30(23-64)60-36(68)25(3)56-39(71)27(11-4-5-17-47)58-40(72)28(12-7-19-54-46(51)52)57-37(69)26(48)10-6-18-53-45(49)50/h24-32,35,64H,4-23,47-48H2,1-3H3,(H,55,70)(H,56,71)(H,57,69)(H,58,72)(H,59,74)(H,60,68)(H,61,73)(H,66,67)(H,76,77)(H4,49,50,53)(H4,51,52,54)/t25-,26-,27-,28-,29-,30-,31-,32-,35-/m0/s1. The third-order valence-electron chi connectivity index (χ3n) is 12.6. The molecule has 2 saturated heterocycles. The predicted octanol–water partition coefficient (Wildman–Crippen LogP) is -6.83. The van der Waals surface area contributed by atoms with Crippen molar-refractivity contribution in [1.82, 2.24) is 47.0 Å². The van der Waals surface area contributed by atoms with Crippen LogP contribution in [0.2, 0.25) is 0 Å². The molecule has 77 heavy (non-hydrogen) atoms. The van der Waals surface area contributed by atoms with Crippen LogP contribution in [0, 0.1) is 5.92 Å². The first-order chi connectivity index (χ1) is 36.3. The van der Waals surface area contributed by atoms with Gasteiger partial charge in [-0.05, 0) is 96.4 Å². The summed E-state index contributed by atoms with van der Waals surface area (Å²) >= 11 is 0. The number of nitrogens with one attached hydrogen (secondary N) is 7. The summed E-state index contributed by atoms with van der Waals surface area (Å²) in [6.07, 6.45) is 2.01. The number of likely N-dealkylation sites (tertiary alicyclic amines) is 2.